The van der Waals surface area contributed by atoms with Crippen LogP contribution in [0.25, 0.3) is 0 Å². The van der Waals surface area contributed by atoms with E-state index in [2.05, 4.69) is 15.3 Å². The molecule has 14 heavy (non-hydrogen) atoms. The van der Waals surface area contributed by atoms with E-state index in [1.54, 1.807) is 0 Å². The number of hydrogen-bond acceptors (Lipinski definition) is 4. The van der Waals surface area contributed by atoms with Crippen molar-refractivity contribution in [1.29, 1.82) is 0 Å². The molecule has 0 aromatic carbocycles. The standard InChI is InChI=1S/C10H17N3O/c1-6(5-14)11-10-9(4)12-7(2)8(3)13-10/h6,14H,5H2,1-4H3,(H,11,13). The van der Waals surface area contributed by atoms with Crippen molar-refractivity contribution in [3.8, 4) is 0 Å². The number of aliphatic hydroxyl groups excluding tert-OH is 1. The van der Waals surface area contributed by atoms with Crippen molar-refractivity contribution in [2.24, 2.45) is 0 Å². The Hall–Kier alpha value is -1.16. The Morgan fingerprint density at radius 2 is 1.71 bits per heavy atom. The number of aryl methyl sites for hydroxylation is 3. The smallest absolute Gasteiger partial charge is 0.148 e. The molecule has 0 spiro atoms. The van der Waals surface area contributed by atoms with Gasteiger partial charge in [0, 0.05) is 6.04 Å². The van der Waals surface area contributed by atoms with Crippen LogP contribution in [0.3, 0.4) is 0 Å². The summed E-state index contributed by atoms with van der Waals surface area (Å²) in [6.07, 6.45) is 0. The van der Waals surface area contributed by atoms with Crippen LogP contribution in [0.15, 0.2) is 0 Å². The van der Waals surface area contributed by atoms with Crippen LogP contribution in [0.5, 0.6) is 0 Å². The topological polar surface area (TPSA) is 58.0 Å². The molecule has 0 saturated heterocycles. The van der Waals surface area contributed by atoms with Crippen LogP contribution in [0.2, 0.25) is 0 Å². The Kier molecular flexibility index (Phi) is 3.41. The molecule has 0 aliphatic heterocycles. The van der Waals surface area contributed by atoms with E-state index in [1.165, 1.54) is 0 Å². The molecule has 1 aromatic heterocycles. The lowest BCUT2D eigenvalue weighted by Crippen LogP contribution is -2.21. The minimum atomic E-state index is 0.00473. The quantitative estimate of drug-likeness (QED) is 0.760. The van der Waals surface area contributed by atoms with E-state index in [0.29, 0.717) is 0 Å². The van der Waals surface area contributed by atoms with Gasteiger partial charge in [0.05, 0.1) is 23.7 Å². The van der Waals surface area contributed by atoms with E-state index < -0.39 is 0 Å². The molecule has 1 unspecified atom stereocenters. The number of aliphatic hydroxyl groups is 1. The van der Waals surface area contributed by atoms with Crippen molar-refractivity contribution in [2.75, 3.05) is 11.9 Å². The van der Waals surface area contributed by atoms with Crippen LogP contribution >= 0.6 is 0 Å². The summed E-state index contributed by atoms with van der Waals surface area (Å²) in [6.45, 7) is 7.77. The summed E-state index contributed by atoms with van der Waals surface area (Å²) in [5.74, 6) is 0.759. The van der Waals surface area contributed by atoms with Gasteiger partial charge in [-0.2, -0.15) is 0 Å². The Morgan fingerprint density at radius 1 is 1.14 bits per heavy atom. The Balaban J connectivity index is 2.92. The van der Waals surface area contributed by atoms with Gasteiger partial charge in [-0.3, -0.25) is 4.98 Å². The van der Waals surface area contributed by atoms with Gasteiger partial charge in [0.2, 0.25) is 0 Å². The summed E-state index contributed by atoms with van der Waals surface area (Å²) in [6, 6.07) is 0.00473. The lowest BCUT2D eigenvalue weighted by atomic mass is 10.3. The zero-order valence-electron chi connectivity index (χ0n) is 9.13. The third-order valence-electron chi connectivity index (χ3n) is 2.14. The first-order chi connectivity index (χ1) is 6.54. The first-order valence-corrected chi connectivity index (χ1v) is 4.73. The van der Waals surface area contributed by atoms with Crippen molar-refractivity contribution in [2.45, 2.75) is 33.7 Å². The Bertz CT molecular complexity index is 325. The fourth-order valence-electron chi connectivity index (χ4n) is 1.13. The average Bonchev–Trinajstić information content (AvgIpc) is 2.14. The maximum Gasteiger partial charge on any atom is 0.148 e. The predicted molar refractivity (Wildman–Crippen MR) is 56.4 cm³/mol. The molecule has 0 saturated carbocycles. The SMILES string of the molecule is Cc1nc(C)c(NC(C)CO)nc1C. The molecule has 0 aliphatic carbocycles. The number of nitrogens with one attached hydrogen (secondary N) is 1. The molecule has 1 rings (SSSR count). The van der Waals surface area contributed by atoms with Gasteiger partial charge < -0.3 is 10.4 Å². The first kappa shape index (κ1) is 10.9. The Morgan fingerprint density at radius 3 is 2.29 bits per heavy atom. The zero-order chi connectivity index (χ0) is 10.7. The van der Waals surface area contributed by atoms with Crippen LogP contribution in [0.1, 0.15) is 24.0 Å². The van der Waals surface area contributed by atoms with E-state index >= 15 is 0 Å². The van der Waals surface area contributed by atoms with Crippen LogP contribution in [-0.4, -0.2) is 27.7 Å². The molecule has 0 aliphatic rings. The van der Waals surface area contributed by atoms with Gasteiger partial charge in [-0.05, 0) is 27.7 Å². The second-order valence-corrected chi connectivity index (χ2v) is 3.56. The highest BCUT2D eigenvalue weighted by atomic mass is 16.3. The van der Waals surface area contributed by atoms with E-state index in [1.807, 2.05) is 27.7 Å². The van der Waals surface area contributed by atoms with Crippen molar-refractivity contribution >= 4 is 5.82 Å². The largest absolute Gasteiger partial charge is 0.394 e. The predicted octanol–water partition coefficient (Wildman–Crippen LogP) is 1.19. The molecule has 4 heteroatoms. The number of rotatable bonds is 3. The van der Waals surface area contributed by atoms with Gasteiger partial charge in [-0.25, -0.2) is 4.98 Å². The average molecular weight is 195 g/mol. The normalized spacial score (nSPS) is 12.6. The highest BCUT2D eigenvalue weighted by Gasteiger charge is 2.07. The monoisotopic (exact) mass is 195 g/mol. The molecule has 0 fully saturated rings. The minimum absolute atomic E-state index is 0.00473. The molecule has 78 valence electrons. The number of hydrogen-bond donors (Lipinski definition) is 2. The van der Waals surface area contributed by atoms with Crippen LogP contribution in [0, 0.1) is 20.8 Å². The molecular weight excluding hydrogens is 178 g/mol. The number of nitrogens with zero attached hydrogens (tertiary/aromatic N) is 2. The molecule has 2 N–H and O–H groups in total. The molecule has 1 aromatic rings. The summed E-state index contributed by atoms with van der Waals surface area (Å²) < 4.78 is 0. The second kappa shape index (κ2) is 4.37. The third-order valence-corrected chi connectivity index (χ3v) is 2.14. The molecule has 1 heterocycles. The lowest BCUT2D eigenvalue weighted by Gasteiger charge is -2.14. The summed E-state index contributed by atoms with van der Waals surface area (Å²) >= 11 is 0. The maximum absolute atomic E-state index is 8.90. The third kappa shape index (κ3) is 2.42. The van der Waals surface area contributed by atoms with Crippen LogP contribution < -0.4 is 5.32 Å². The highest BCUT2D eigenvalue weighted by molar-refractivity contribution is 5.41. The molecule has 1 atom stereocenters. The molecule has 0 amide bonds. The first-order valence-electron chi connectivity index (χ1n) is 4.73. The van der Waals surface area contributed by atoms with Gasteiger partial charge in [0.1, 0.15) is 5.82 Å². The summed E-state index contributed by atoms with van der Waals surface area (Å²) in [7, 11) is 0. The van der Waals surface area contributed by atoms with Gasteiger partial charge >= 0.3 is 0 Å². The number of anilines is 1. The van der Waals surface area contributed by atoms with Gasteiger partial charge in [-0.1, -0.05) is 0 Å². The molecular formula is C10H17N3O. The Labute approximate surface area is 84.4 Å². The van der Waals surface area contributed by atoms with Gasteiger partial charge in [-0.15, -0.1) is 0 Å². The number of aromatic nitrogens is 2. The minimum Gasteiger partial charge on any atom is -0.394 e. The summed E-state index contributed by atoms with van der Waals surface area (Å²) in [5.41, 5.74) is 2.74. The molecule has 0 bridgehead atoms. The molecule has 0 radical (unpaired) electrons. The summed E-state index contributed by atoms with van der Waals surface area (Å²) in [5, 5.41) is 12.0. The van der Waals surface area contributed by atoms with E-state index in [9.17, 15) is 0 Å². The van der Waals surface area contributed by atoms with E-state index in [4.69, 9.17) is 5.11 Å². The fraction of sp³-hybridized carbons (Fsp3) is 0.600. The van der Waals surface area contributed by atoms with Crippen molar-refractivity contribution < 1.29 is 5.11 Å². The summed E-state index contributed by atoms with van der Waals surface area (Å²) in [4.78, 5) is 8.73. The highest BCUT2D eigenvalue weighted by Crippen LogP contribution is 2.12. The van der Waals surface area contributed by atoms with E-state index in [0.717, 1.165) is 22.9 Å². The van der Waals surface area contributed by atoms with Crippen LogP contribution in [0.4, 0.5) is 5.82 Å². The van der Waals surface area contributed by atoms with Crippen molar-refractivity contribution in [3.63, 3.8) is 0 Å². The molecule has 4 nitrogen and oxygen atoms in total. The maximum atomic E-state index is 8.90. The van der Waals surface area contributed by atoms with Gasteiger partial charge in [0.15, 0.2) is 0 Å². The van der Waals surface area contributed by atoms with Gasteiger partial charge in [0.25, 0.3) is 0 Å². The lowest BCUT2D eigenvalue weighted by molar-refractivity contribution is 0.281. The van der Waals surface area contributed by atoms with Crippen LogP contribution in [-0.2, 0) is 0 Å². The van der Waals surface area contributed by atoms with E-state index in [-0.39, 0.29) is 12.6 Å². The zero-order valence-corrected chi connectivity index (χ0v) is 9.13. The fourth-order valence-corrected chi connectivity index (χ4v) is 1.13. The second-order valence-electron chi connectivity index (χ2n) is 3.56. The van der Waals surface area contributed by atoms with Crippen molar-refractivity contribution in [1.82, 2.24) is 9.97 Å². The van der Waals surface area contributed by atoms with Crippen molar-refractivity contribution in [3.05, 3.63) is 17.1 Å².